The predicted octanol–water partition coefficient (Wildman–Crippen LogP) is 5.53. The zero-order valence-electron chi connectivity index (χ0n) is 24.9. The first-order valence-corrected chi connectivity index (χ1v) is 15.1. The number of nitrogen functional groups attached to an aromatic ring is 1. The van der Waals surface area contributed by atoms with Crippen LogP contribution in [-0.2, 0) is 33.4 Å². The summed E-state index contributed by atoms with van der Waals surface area (Å²) in [6, 6.07) is 8.59. The summed E-state index contributed by atoms with van der Waals surface area (Å²) in [4.78, 5) is 56.5. The van der Waals surface area contributed by atoms with Crippen molar-refractivity contribution in [2.75, 3.05) is 30.7 Å². The molecule has 0 bridgehead atoms. The molecular weight excluding hydrogens is 617 g/mol. The number of halogens is 4. The van der Waals surface area contributed by atoms with Gasteiger partial charge in [-0.1, -0.05) is 43.6 Å². The van der Waals surface area contributed by atoms with Gasteiger partial charge < -0.3 is 31.1 Å². The summed E-state index contributed by atoms with van der Waals surface area (Å²) in [6.45, 7) is 3.70. The van der Waals surface area contributed by atoms with Crippen LogP contribution in [0, 0.1) is 10.8 Å². The van der Waals surface area contributed by atoms with E-state index in [1.807, 2.05) is 24.3 Å². The van der Waals surface area contributed by atoms with Gasteiger partial charge in [-0.3, -0.25) is 14.4 Å². The normalized spacial score (nSPS) is 16.5. The van der Waals surface area contributed by atoms with E-state index in [1.165, 1.54) is 18.7 Å². The van der Waals surface area contributed by atoms with E-state index in [9.17, 15) is 42.6 Å². The van der Waals surface area contributed by atoms with Crippen LogP contribution in [-0.4, -0.2) is 69.6 Å². The molecule has 244 valence electrons. The Morgan fingerprint density at radius 3 is 2.18 bits per heavy atom. The number of likely N-dealkylation sites (tertiary alicyclic amines) is 1. The van der Waals surface area contributed by atoms with Gasteiger partial charge in [-0.2, -0.15) is 13.2 Å². The summed E-state index contributed by atoms with van der Waals surface area (Å²) in [7, 11) is 0. The lowest BCUT2D eigenvalue weighted by Crippen LogP contribution is -2.62. The summed E-state index contributed by atoms with van der Waals surface area (Å²) in [6.07, 6.45) is -4.96. The molecule has 0 atom stereocenters. The molecule has 0 radical (unpaired) electrons. The van der Waals surface area contributed by atoms with Crippen molar-refractivity contribution in [3.63, 3.8) is 0 Å². The largest absolute Gasteiger partial charge is 0.480 e. The number of alkyl halides is 3. The molecule has 5 N–H and O–H groups in total. The van der Waals surface area contributed by atoms with Crippen molar-refractivity contribution in [1.29, 1.82) is 0 Å². The SMILES string of the molecule is CCC(CC)(C(=O)N1CCC(N2CCc3ccccc3NC2=O)CC1)C(Cc1cc(Cl)c(N)c(C(F)(F)F)c1)(C(=O)O)C(=O)O. The van der Waals surface area contributed by atoms with E-state index in [1.54, 1.807) is 4.90 Å². The second-order valence-corrected chi connectivity index (χ2v) is 12.0. The van der Waals surface area contributed by atoms with Crippen molar-refractivity contribution in [3.8, 4) is 0 Å². The minimum atomic E-state index is -4.95. The molecule has 10 nitrogen and oxygen atoms in total. The molecule has 0 saturated carbocycles. The molecule has 45 heavy (non-hydrogen) atoms. The fraction of sp³-hybridized carbons (Fsp3) is 0.484. The lowest BCUT2D eigenvalue weighted by Gasteiger charge is -2.47. The Kier molecular flexibility index (Phi) is 9.62. The zero-order valence-corrected chi connectivity index (χ0v) is 25.7. The molecule has 1 fully saturated rings. The molecule has 2 aromatic carbocycles. The topological polar surface area (TPSA) is 153 Å². The monoisotopic (exact) mass is 652 g/mol. The molecule has 0 aromatic heterocycles. The van der Waals surface area contributed by atoms with Crippen LogP contribution in [0.15, 0.2) is 36.4 Å². The smallest absolute Gasteiger partial charge is 0.418 e. The van der Waals surface area contributed by atoms with Crippen molar-refractivity contribution in [2.45, 2.75) is 64.6 Å². The van der Waals surface area contributed by atoms with Crippen molar-refractivity contribution < 1.29 is 42.6 Å². The Bertz CT molecular complexity index is 1470. The number of hydrogen-bond acceptors (Lipinski definition) is 5. The summed E-state index contributed by atoms with van der Waals surface area (Å²) in [5, 5.41) is 23.4. The second kappa shape index (κ2) is 12.8. The molecule has 3 amide bonds. The van der Waals surface area contributed by atoms with Crippen molar-refractivity contribution in [2.24, 2.45) is 10.8 Å². The van der Waals surface area contributed by atoms with Crippen LogP contribution in [0.5, 0.6) is 0 Å². The van der Waals surface area contributed by atoms with Gasteiger partial charge in [0.1, 0.15) is 0 Å². The number of nitrogens with zero attached hydrogens (tertiary/aromatic N) is 2. The van der Waals surface area contributed by atoms with E-state index in [0.29, 0.717) is 31.9 Å². The van der Waals surface area contributed by atoms with Gasteiger partial charge in [-0.05, 0) is 61.4 Å². The number of anilines is 2. The molecule has 2 aromatic rings. The molecule has 0 aliphatic carbocycles. The van der Waals surface area contributed by atoms with Gasteiger partial charge in [0, 0.05) is 37.8 Å². The number of carbonyl (C=O) groups is 4. The highest BCUT2D eigenvalue weighted by molar-refractivity contribution is 6.33. The Morgan fingerprint density at radius 2 is 1.62 bits per heavy atom. The van der Waals surface area contributed by atoms with Gasteiger partial charge in [0.05, 0.1) is 21.7 Å². The number of benzene rings is 2. The maximum atomic E-state index is 14.3. The number of amides is 3. The number of urea groups is 1. The predicted molar refractivity (Wildman–Crippen MR) is 161 cm³/mol. The van der Waals surface area contributed by atoms with Crippen LogP contribution < -0.4 is 11.1 Å². The fourth-order valence-corrected chi connectivity index (χ4v) is 7.14. The van der Waals surface area contributed by atoms with Gasteiger partial charge in [0.15, 0.2) is 5.41 Å². The minimum Gasteiger partial charge on any atom is -0.480 e. The van der Waals surface area contributed by atoms with Crippen LogP contribution in [0.3, 0.4) is 0 Å². The second-order valence-electron chi connectivity index (χ2n) is 11.6. The number of fused-ring (bicyclic) bond motifs is 1. The molecule has 0 unspecified atom stereocenters. The van der Waals surface area contributed by atoms with Gasteiger partial charge in [-0.25, -0.2) is 4.79 Å². The standard InChI is InChI=1S/C31H36ClF3N4O6/c1-3-29(4-2,30(26(41)42,27(43)44)17-18-15-21(31(33,34)35)24(36)22(32)16-18)25(40)38-12-10-20(11-13-38)39-14-9-19-7-5-6-8-23(19)37-28(39)45/h5-8,15-16,20H,3-4,9-14,17,36H2,1-2H3,(H,37,45)(H,41,42)(H,43,44). The Hall–Kier alpha value is -4.00. The van der Waals surface area contributed by atoms with Crippen molar-refractivity contribution in [3.05, 3.63) is 58.1 Å². The highest BCUT2D eigenvalue weighted by atomic mass is 35.5. The Balaban J connectivity index is 1.63. The third kappa shape index (κ3) is 6.01. The van der Waals surface area contributed by atoms with E-state index in [-0.39, 0.29) is 43.6 Å². The molecule has 2 aliphatic rings. The van der Waals surface area contributed by atoms with E-state index in [0.717, 1.165) is 17.3 Å². The number of nitrogens with one attached hydrogen (secondary N) is 1. The molecule has 2 aliphatic heterocycles. The fourth-order valence-electron chi connectivity index (χ4n) is 6.90. The molecule has 14 heteroatoms. The third-order valence-corrected chi connectivity index (χ3v) is 9.77. The Morgan fingerprint density at radius 1 is 1.02 bits per heavy atom. The lowest BCUT2D eigenvalue weighted by molar-refractivity contribution is -0.185. The average Bonchev–Trinajstić information content (AvgIpc) is 3.16. The highest BCUT2D eigenvalue weighted by Crippen LogP contribution is 2.51. The van der Waals surface area contributed by atoms with E-state index < -0.39 is 57.5 Å². The number of aliphatic carboxylic acids is 2. The number of carbonyl (C=O) groups excluding carboxylic acids is 2. The number of hydrogen-bond donors (Lipinski definition) is 4. The number of carboxylic acids is 2. The Labute approximate surface area is 263 Å². The van der Waals surface area contributed by atoms with Crippen molar-refractivity contribution in [1.82, 2.24) is 9.80 Å². The van der Waals surface area contributed by atoms with Gasteiger partial charge in [0.2, 0.25) is 5.91 Å². The van der Waals surface area contributed by atoms with Crippen LogP contribution in [0.4, 0.5) is 29.3 Å². The number of piperidine rings is 1. The first-order valence-electron chi connectivity index (χ1n) is 14.7. The lowest BCUT2D eigenvalue weighted by atomic mass is 9.56. The molecule has 1 saturated heterocycles. The summed E-state index contributed by atoms with van der Waals surface area (Å²) >= 11 is 5.98. The van der Waals surface area contributed by atoms with Crippen LogP contribution in [0.25, 0.3) is 0 Å². The maximum Gasteiger partial charge on any atom is 0.418 e. The number of rotatable bonds is 9. The van der Waals surface area contributed by atoms with Gasteiger partial charge >= 0.3 is 24.1 Å². The van der Waals surface area contributed by atoms with E-state index >= 15 is 0 Å². The van der Waals surface area contributed by atoms with E-state index in [2.05, 4.69) is 5.32 Å². The quantitative estimate of drug-likeness (QED) is 0.205. The first-order chi connectivity index (χ1) is 21.1. The van der Waals surface area contributed by atoms with Crippen molar-refractivity contribution >= 4 is 46.9 Å². The molecule has 2 heterocycles. The van der Waals surface area contributed by atoms with Gasteiger partial charge in [-0.15, -0.1) is 0 Å². The third-order valence-electron chi connectivity index (χ3n) is 9.46. The number of nitrogens with two attached hydrogens (primary N) is 1. The van der Waals surface area contributed by atoms with Crippen LogP contribution in [0.2, 0.25) is 5.02 Å². The minimum absolute atomic E-state index is 0.128. The number of carboxylic acid groups (broad SMARTS) is 2. The maximum absolute atomic E-state index is 14.3. The van der Waals surface area contributed by atoms with E-state index in [4.69, 9.17) is 17.3 Å². The first kappa shape index (κ1) is 33.9. The number of para-hydroxylation sites is 1. The van der Waals surface area contributed by atoms with Gasteiger partial charge in [0.25, 0.3) is 0 Å². The highest BCUT2D eigenvalue weighted by Gasteiger charge is 2.65. The zero-order chi connectivity index (χ0) is 33.3. The van der Waals surface area contributed by atoms with Crippen LogP contribution in [0.1, 0.15) is 56.2 Å². The summed E-state index contributed by atoms with van der Waals surface area (Å²) in [5.74, 6) is -4.44. The summed E-state index contributed by atoms with van der Waals surface area (Å²) < 4.78 is 41.2. The van der Waals surface area contributed by atoms with Crippen LogP contribution >= 0.6 is 11.6 Å². The summed E-state index contributed by atoms with van der Waals surface area (Å²) in [5.41, 5.74) is -0.0543. The average molecular weight is 653 g/mol. The molecule has 0 spiro atoms. The molecular formula is C31H36ClF3N4O6. The molecule has 4 rings (SSSR count).